The number of halogens is 4. The molecule has 0 saturated carbocycles. The van der Waals surface area contributed by atoms with Gasteiger partial charge in [-0.1, -0.05) is 11.8 Å². The molecule has 3 heterocycles. The van der Waals surface area contributed by atoms with Gasteiger partial charge in [-0.25, -0.2) is 32.5 Å². The maximum Gasteiger partial charge on any atom is 0.253 e. The number of aromatic nitrogens is 3. The molecule has 1 aliphatic rings. The molecular weight excluding hydrogens is 484 g/mol. The van der Waals surface area contributed by atoms with Crippen LogP contribution in [-0.4, -0.2) is 37.4 Å². The second-order valence-electron chi connectivity index (χ2n) is 8.96. The lowest BCUT2D eigenvalue weighted by Crippen LogP contribution is -2.44. The van der Waals surface area contributed by atoms with Gasteiger partial charge in [0.15, 0.2) is 22.6 Å². The highest BCUT2D eigenvalue weighted by Gasteiger charge is 2.48. The summed E-state index contributed by atoms with van der Waals surface area (Å²) in [5.41, 5.74) is 5.10. The minimum absolute atomic E-state index is 0.0926. The zero-order valence-corrected chi connectivity index (χ0v) is 20.3. The number of thioether (sulfide) groups is 1. The molecule has 0 saturated heterocycles. The molecule has 1 aliphatic heterocycles. The van der Waals surface area contributed by atoms with Crippen molar-refractivity contribution in [2.75, 3.05) is 5.32 Å². The van der Waals surface area contributed by atoms with Gasteiger partial charge in [0.1, 0.15) is 5.52 Å². The van der Waals surface area contributed by atoms with Crippen molar-refractivity contribution in [2.24, 2.45) is 10.7 Å². The molecule has 1 aromatic carbocycles. The van der Waals surface area contributed by atoms with Gasteiger partial charge in [-0.05, 0) is 46.2 Å². The Morgan fingerprint density at radius 1 is 1.17 bits per heavy atom. The first kappa shape index (κ1) is 25.0. The molecule has 2 atom stereocenters. The third-order valence-electron chi connectivity index (χ3n) is 5.52. The van der Waals surface area contributed by atoms with Gasteiger partial charge < -0.3 is 15.8 Å². The number of pyridine rings is 1. The highest BCUT2D eigenvalue weighted by molar-refractivity contribution is 8.15. The summed E-state index contributed by atoms with van der Waals surface area (Å²) in [5, 5.41) is 2.81. The van der Waals surface area contributed by atoms with E-state index in [1.54, 1.807) is 6.07 Å². The van der Waals surface area contributed by atoms with Gasteiger partial charge >= 0.3 is 0 Å². The van der Waals surface area contributed by atoms with Crippen molar-refractivity contribution in [1.82, 2.24) is 15.0 Å². The Morgan fingerprint density at radius 2 is 1.91 bits per heavy atom. The maximum atomic E-state index is 15.0. The fourth-order valence-corrected chi connectivity index (χ4v) is 5.22. The van der Waals surface area contributed by atoms with E-state index >= 15 is 0 Å². The van der Waals surface area contributed by atoms with E-state index in [0.29, 0.717) is 16.9 Å². The van der Waals surface area contributed by atoms with Crippen LogP contribution in [-0.2, 0) is 5.54 Å². The van der Waals surface area contributed by atoms with Crippen molar-refractivity contribution in [3.8, 4) is 5.88 Å². The van der Waals surface area contributed by atoms with Crippen molar-refractivity contribution in [1.29, 1.82) is 0 Å². The molecule has 3 N–H and O–H groups in total. The van der Waals surface area contributed by atoms with Crippen LogP contribution >= 0.6 is 11.8 Å². The molecule has 0 amide bonds. The largest absolute Gasteiger partial charge is 0.474 e. The predicted octanol–water partition coefficient (Wildman–Crippen LogP) is 5.52. The number of nitrogens with two attached hydrogens (primary N) is 1. The molecule has 0 radical (unpaired) electrons. The molecule has 35 heavy (non-hydrogen) atoms. The number of amidine groups is 1. The van der Waals surface area contributed by atoms with Crippen LogP contribution in [0.15, 0.2) is 35.6 Å². The van der Waals surface area contributed by atoms with Gasteiger partial charge in [-0.3, -0.25) is 4.99 Å². The summed E-state index contributed by atoms with van der Waals surface area (Å²) in [6, 6.07) is 3.91. The SMILES string of the molecule is CC(C)Oc1cnc2c(Nc3cc(F)c(F)c([C@]4(C)C[C@](C)(C(F)F)SC(N)=N4)c3)nccc2n1. The summed E-state index contributed by atoms with van der Waals surface area (Å²) in [6.07, 6.45) is -0.171. The quantitative estimate of drug-likeness (QED) is 0.423. The Balaban J connectivity index is 1.74. The molecule has 186 valence electrons. The first-order chi connectivity index (χ1) is 16.4. The third-order valence-corrected chi connectivity index (χ3v) is 6.61. The van der Waals surface area contributed by atoms with Gasteiger partial charge in [0.05, 0.1) is 28.1 Å². The molecule has 12 heteroatoms. The lowest BCUT2D eigenvalue weighted by atomic mass is 9.82. The van der Waals surface area contributed by atoms with Gasteiger partial charge in [0.25, 0.3) is 6.43 Å². The number of benzene rings is 1. The van der Waals surface area contributed by atoms with Crippen LogP contribution in [0.1, 0.15) is 39.7 Å². The minimum atomic E-state index is -2.75. The van der Waals surface area contributed by atoms with E-state index in [4.69, 9.17) is 10.5 Å². The Kier molecular flexibility index (Phi) is 6.52. The Bertz CT molecular complexity index is 1310. The van der Waals surface area contributed by atoms with Crippen LogP contribution in [0, 0.1) is 11.6 Å². The fourth-order valence-electron chi connectivity index (χ4n) is 4.05. The molecule has 3 aromatic rings. The van der Waals surface area contributed by atoms with E-state index in [0.717, 1.165) is 17.8 Å². The minimum Gasteiger partial charge on any atom is -0.474 e. The summed E-state index contributed by atoms with van der Waals surface area (Å²) < 4.78 is 61.2. The highest BCUT2D eigenvalue weighted by atomic mass is 32.2. The number of rotatable bonds is 6. The molecule has 0 bridgehead atoms. The number of aliphatic imine (C=N–C) groups is 1. The van der Waals surface area contributed by atoms with Crippen LogP contribution in [0.25, 0.3) is 11.0 Å². The van der Waals surface area contributed by atoms with Crippen molar-refractivity contribution in [3.05, 3.63) is 47.8 Å². The molecule has 4 rings (SSSR count). The lowest BCUT2D eigenvalue weighted by Gasteiger charge is -2.40. The Labute approximate surface area is 203 Å². The molecule has 7 nitrogen and oxygen atoms in total. The summed E-state index contributed by atoms with van der Waals surface area (Å²) in [6.45, 7) is 6.51. The van der Waals surface area contributed by atoms with Gasteiger partial charge in [0, 0.05) is 23.5 Å². The summed E-state index contributed by atoms with van der Waals surface area (Å²) in [4.78, 5) is 17.2. The molecule has 0 fully saturated rings. The third kappa shape index (κ3) is 4.97. The van der Waals surface area contributed by atoms with E-state index < -0.39 is 28.3 Å². The molecular formula is C23H24F4N6OS. The molecule has 0 unspecified atom stereocenters. The van der Waals surface area contributed by atoms with Crippen LogP contribution in [0.2, 0.25) is 0 Å². The van der Waals surface area contributed by atoms with Crippen molar-refractivity contribution in [2.45, 2.75) is 56.9 Å². The molecule has 0 spiro atoms. The van der Waals surface area contributed by atoms with E-state index in [1.165, 1.54) is 32.3 Å². The number of nitrogens with one attached hydrogen (secondary N) is 1. The van der Waals surface area contributed by atoms with Crippen molar-refractivity contribution >= 4 is 39.5 Å². The van der Waals surface area contributed by atoms with Gasteiger partial charge in [-0.15, -0.1) is 0 Å². The second kappa shape index (κ2) is 9.14. The number of ether oxygens (including phenoxy) is 1. The van der Waals surface area contributed by atoms with Crippen LogP contribution < -0.4 is 15.8 Å². The predicted molar refractivity (Wildman–Crippen MR) is 128 cm³/mol. The van der Waals surface area contributed by atoms with Crippen molar-refractivity contribution in [3.63, 3.8) is 0 Å². The zero-order valence-electron chi connectivity index (χ0n) is 19.4. The maximum absolute atomic E-state index is 15.0. The van der Waals surface area contributed by atoms with E-state index in [9.17, 15) is 17.6 Å². The van der Waals surface area contributed by atoms with Gasteiger partial charge in [0.2, 0.25) is 5.88 Å². The normalized spacial score (nSPS) is 22.5. The standard InChI is InChI=1S/C23H24F4N6OS/c1-11(2)34-16-9-30-18-15(32-16)5-6-29-19(18)31-12-7-13(17(25)14(24)8-12)22(3)10-23(4,20(26)27)35-21(28)33-22/h5-9,11,20H,10H2,1-4H3,(H2,28,33)(H,29,31)/t22-,23+/m0/s1. The highest BCUT2D eigenvalue weighted by Crippen LogP contribution is 2.49. The number of alkyl halides is 2. The average Bonchev–Trinajstić information content (AvgIpc) is 2.74. The van der Waals surface area contributed by atoms with E-state index in [2.05, 4.69) is 25.3 Å². The number of anilines is 2. The first-order valence-electron chi connectivity index (χ1n) is 10.8. The van der Waals surface area contributed by atoms with Crippen LogP contribution in [0.4, 0.5) is 29.1 Å². The Morgan fingerprint density at radius 3 is 2.60 bits per heavy atom. The second-order valence-corrected chi connectivity index (χ2v) is 10.5. The summed E-state index contributed by atoms with van der Waals surface area (Å²) >= 11 is 0.727. The molecule has 2 aromatic heterocycles. The first-order valence-corrected chi connectivity index (χ1v) is 11.6. The number of fused-ring (bicyclic) bond motifs is 1. The molecule has 0 aliphatic carbocycles. The summed E-state index contributed by atoms with van der Waals surface area (Å²) in [5.74, 6) is -1.77. The van der Waals surface area contributed by atoms with Crippen LogP contribution in [0.3, 0.4) is 0 Å². The topological polar surface area (TPSA) is 98.3 Å². The monoisotopic (exact) mass is 508 g/mol. The van der Waals surface area contributed by atoms with E-state index in [-0.39, 0.29) is 34.8 Å². The fraction of sp³-hybridized carbons (Fsp3) is 0.391. The van der Waals surface area contributed by atoms with Crippen molar-refractivity contribution < 1.29 is 22.3 Å². The lowest BCUT2D eigenvalue weighted by molar-refractivity contribution is 0.0892. The Hall–Kier alpha value is -3.15. The summed E-state index contributed by atoms with van der Waals surface area (Å²) in [7, 11) is 0. The zero-order chi connectivity index (χ0) is 25.5. The smallest absolute Gasteiger partial charge is 0.253 e. The van der Waals surface area contributed by atoms with E-state index in [1.807, 2.05) is 13.8 Å². The van der Waals surface area contributed by atoms with Crippen LogP contribution in [0.5, 0.6) is 5.88 Å². The van der Waals surface area contributed by atoms with Gasteiger partial charge in [-0.2, -0.15) is 0 Å². The number of hydrogen-bond donors (Lipinski definition) is 2. The number of hydrogen-bond acceptors (Lipinski definition) is 8. The average molecular weight is 509 g/mol. The number of nitrogens with zero attached hydrogens (tertiary/aromatic N) is 4.